The third-order valence-electron chi connectivity index (χ3n) is 2.36. The third kappa shape index (κ3) is 2.72. The maximum Gasteiger partial charge on any atom is 0.325 e. The van der Waals surface area contributed by atoms with Crippen molar-refractivity contribution in [1.82, 2.24) is 4.98 Å². The van der Waals surface area contributed by atoms with E-state index in [4.69, 9.17) is 4.74 Å². The second kappa shape index (κ2) is 5.30. The van der Waals surface area contributed by atoms with Crippen LogP contribution >= 0.6 is 0 Å². The topological polar surface area (TPSA) is 51.2 Å². The number of aromatic nitrogens is 1. The molecule has 0 aliphatic heterocycles. The molecule has 0 spiro atoms. The molecule has 0 aliphatic carbocycles. The summed E-state index contributed by atoms with van der Waals surface area (Å²) in [5, 5.41) is 4.08. The summed E-state index contributed by atoms with van der Waals surface area (Å²) in [6, 6.07) is 9.68. The largest absolute Gasteiger partial charge is 0.465 e. The molecule has 2 aromatic rings. The Kier molecular flexibility index (Phi) is 3.55. The van der Waals surface area contributed by atoms with Gasteiger partial charge in [0, 0.05) is 11.6 Å². The summed E-state index contributed by atoms with van der Waals surface area (Å²) in [6.07, 6.45) is 1.73. The monoisotopic (exact) mass is 230 g/mol. The van der Waals surface area contributed by atoms with Crippen LogP contribution in [-0.4, -0.2) is 24.1 Å². The molecule has 0 fully saturated rings. The number of nitrogens with one attached hydrogen (secondary N) is 1. The van der Waals surface area contributed by atoms with Gasteiger partial charge in [0.2, 0.25) is 0 Å². The number of rotatable bonds is 4. The van der Waals surface area contributed by atoms with Crippen molar-refractivity contribution in [2.24, 2.45) is 0 Å². The molecular weight excluding hydrogens is 216 g/mol. The zero-order valence-electron chi connectivity index (χ0n) is 9.64. The van der Waals surface area contributed by atoms with E-state index in [0.717, 1.165) is 16.6 Å². The highest BCUT2D eigenvalue weighted by Crippen LogP contribution is 2.20. The fourth-order valence-corrected chi connectivity index (χ4v) is 1.63. The van der Waals surface area contributed by atoms with Gasteiger partial charge < -0.3 is 10.1 Å². The van der Waals surface area contributed by atoms with Crippen LogP contribution in [0, 0.1) is 0 Å². The van der Waals surface area contributed by atoms with E-state index in [-0.39, 0.29) is 12.5 Å². The molecular formula is C13H14N2O2. The minimum atomic E-state index is -0.263. The number of hydrogen-bond donors (Lipinski definition) is 1. The van der Waals surface area contributed by atoms with Gasteiger partial charge in [-0.3, -0.25) is 9.78 Å². The molecule has 0 radical (unpaired) electrons. The molecule has 0 amide bonds. The van der Waals surface area contributed by atoms with Crippen molar-refractivity contribution >= 4 is 22.6 Å². The molecule has 17 heavy (non-hydrogen) atoms. The van der Waals surface area contributed by atoms with E-state index in [1.165, 1.54) is 0 Å². The predicted octanol–water partition coefficient (Wildman–Crippen LogP) is 2.21. The molecule has 0 saturated heterocycles. The molecule has 1 aromatic carbocycles. The van der Waals surface area contributed by atoms with Crippen molar-refractivity contribution in [3.8, 4) is 0 Å². The van der Waals surface area contributed by atoms with Gasteiger partial charge >= 0.3 is 5.97 Å². The maximum absolute atomic E-state index is 11.2. The lowest BCUT2D eigenvalue weighted by Gasteiger charge is -2.08. The van der Waals surface area contributed by atoms with Gasteiger partial charge in [-0.25, -0.2) is 0 Å². The number of pyridine rings is 1. The third-order valence-corrected chi connectivity index (χ3v) is 2.36. The van der Waals surface area contributed by atoms with Crippen LogP contribution in [0.5, 0.6) is 0 Å². The first-order valence-corrected chi connectivity index (χ1v) is 5.54. The number of carbonyl (C=O) groups is 1. The predicted molar refractivity (Wildman–Crippen MR) is 66.9 cm³/mol. The lowest BCUT2D eigenvalue weighted by Crippen LogP contribution is -2.16. The van der Waals surface area contributed by atoms with Gasteiger partial charge in [0.1, 0.15) is 6.54 Å². The number of esters is 1. The minimum Gasteiger partial charge on any atom is -0.465 e. The molecule has 4 heteroatoms. The number of anilines is 1. The van der Waals surface area contributed by atoms with Crippen molar-refractivity contribution in [3.05, 3.63) is 36.5 Å². The summed E-state index contributed by atoms with van der Waals surface area (Å²) in [4.78, 5) is 15.5. The minimum absolute atomic E-state index is 0.156. The number of ether oxygens (including phenoxy) is 1. The summed E-state index contributed by atoms with van der Waals surface area (Å²) in [5.41, 5.74) is 1.70. The van der Waals surface area contributed by atoms with Crippen LogP contribution in [0.2, 0.25) is 0 Å². The maximum atomic E-state index is 11.2. The molecule has 0 atom stereocenters. The molecule has 0 saturated carbocycles. The number of hydrogen-bond acceptors (Lipinski definition) is 4. The lowest BCUT2D eigenvalue weighted by molar-refractivity contribution is -0.140. The van der Waals surface area contributed by atoms with Crippen molar-refractivity contribution in [2.75, 3.05) is 18.5 Å². The Morgan fingerprint density at radius 3 is 3.00 bits per heavy atom. The average molecular weight is 230 g/mol. The lowest BCUT2D eigenvalue weighted by atomic mass is 10.2. The summed E-state index contributed by atoms with van der Waals surface area (Å²) in [7, 11) is 0. The van der Waals surface area contributed by atoms with Crippen LogP contribution in [0.25, 0.3) is 10.9 Å². The van der Waals surface area contributed by atoms with E-state index >= 15 is 0 Å². The van der Waals surface area contributed by atoms with Crippen LogP contribution in [0.15, 0.2) is 36.5 Å². The zero-order valence-corrected chi connectivity index (χ0v) is 9.64. The highest BCUT2D eigenvalue weighted by Gasteiger charge is 2.04. The summed E-state index contributed by atoms with van der Waals surface area (Å²) in [6.45, 7) is 2.34. The van der Waals surface area contributed by atoms with Crippen LogP contribution in [0.1, 0.15) is 6.92 Å². The Morgan fingerprint density at radius 1 is 1.35 bits per heavy atom. The van der Waals surface area contributed by atoms with E-state index in [2.05, 4.69) is 10.3 Å². The molecule has 0 aliphatic rings. The SMILES string of the molecule is CCOC(=O)CNc1cccc2cccnc12. The Morgan fingerprint density at radius 2 is 2.18 bits per heavy atom. The molecule has 1 aromatic heterocycles. The number of para-hydroxylation sites is 1. The first-order chi connectivity index (χ1) is 8.31. The summed E-state index contributed by atoms with van der Waals surface area (Å²) in [5.74, 6) is -0.263. The normalized spacial score (nSPS) is 10.2. The van der Waals surface area contributed by atoms with Gasteiger partial charge in [-0.05, 0) is 19.1 Å². The second-order valence-electron chi connectivity index (χ2n) is 3.54. The fourth-order valence-electron chi connectivity index (χ4n) is 1.63. The first kappa shape index (κ1) is 11.4. The van der Waals surface area contributed by atoms with Crippen molar-refractivity contribution in [1.29, 1.82) is 0 Å². The van der Waals surface area contributed by atoms with E-state index < -0.39 is 0 Å². The molecule has 0 bridgehead atoms. The van der Waals surface area contributed by atoms with E-state index in [1.807, 2.05) is 30.3 Å². The van der Waals surface area contributed by atoms with Gasteiger partial charge in [-0.15, -0.1) is 0 Å². The smallest absolute Gasteiger partial charge is 0.325 e. The van der Waals surface area contributed by atoms with E-state index in [0.29, 0.717) is 6.61 Å². The van der Waals surface area contributed by atoms with Gasteiger partial charge in [0.05, 0.1) is 17.8 Å². The average Bonchev–Trinajstić information content (AvgIpc) is 2.36. The van der Waals surface area contributed by atoms with Gasteiger partial charge in [0.15, 0.2) is 0 Å². The highest BCUT2D eigenvalue weighted by molar-refractivity contribution is 5.91. The highest BCUT2D eigenvalue weighted by atomic mass is 16.5. The van der Waals surface area contributed by atoms with Crippen LogP contribution in [-0.2, 0) is 9.53 Å². The standard InChI is InChI=1S/C13H14N2O2/c1-2-17-12(16)9-15-11-7-3-5-10-6-4-8-14-13(10)11/h3-8,15H,2,9H2,1H3. The van der Waals surface area contributed by atoms with E-state index in [1.54, 1.807) is 13.1 Å². The Hall–Kier alpha value is -2.10. The number of benzene rings is 1. The van der Waals surface area contributed by atoms with Gasteiger partial charge in [0.25, 0.3) is 0 Å². The molecule has 2 rings (SSSR count). The number of nitrogens with zero attached hydrogens (tertiary/aromatic N) is 1. The first-order valence-electron chi connectivity index (χ1n) is 5.54. The van der Waals surface area contributed by atoms with Crippen molar-refractivity contribution in [3.63, 3.8) is 0 Å². The Bertz CT molecular complexity index is 520. The van der Waals surface area contributed by atoms with Crippen LogP contribution in [0.4, 0.5) is 5.69 Å². The van der Waals surface area contributed by atoms with E-state index in [9.17, 15) is 4.79 Å². The Balaban J connectivity index is 2.16. The fraction of sp³-hybridized carbons (Fsp3) is 0.231. The van der Waals surface area contributed by atoms with Crippen LogP contribution < -0.4 is 5.32 Å². The zero-order chi connectivity index (χ0) is 12.1. The summed E-state index contributed by atoms with van der Waals surface area (Å²) < 4.78 is 4.85. The van der Waals surface area contributed by atoms with Crippen molar-refractivity contribution < 1.29 is 9.53 Å². The number of fused-ring (bicyclic) bond motifs is 1. The second-order valence-corrected chi connectivity index (χ2v) is 3.54. The molecule has 88 valence electrons. The Labute approximate surface area is 99.6 Å². The molecule has 4 nitrogen and oxygen atoms in total. The van der Waals surface area contributed by atoms with Gasteiger partial charge in [-0.1, -0.05) is 18.2 Å². The molecule has 1 N–H and O–H groups in total. The van der Waals surface area contributed by atoms with Crippen molar-refractivity contribution in [2.45, 2.75) is 6.92 Å². The van der Waals surface area contributed by atoms with Gasteiger partial charge in [-0.2, -0.15) is 0 Å². The summed E-state index contributed by atoms with van der Waals surface area (Å²) >= 11 is 0. The molecule has 1 heterocycles. The number of carbonyl (C=O) groups excluding carboxylic acids is 1. The van der Waals surface area contributed by atoms with Crippen LogP contribution in [0.3, 0.4) is 0 Å². The molecule has 0 unspecified atom stereocenters. The quantitative estimate of drug-likeness (QED) is 0.818.